The lowest BCUT2D eigenvalue weighted by Crippen LogP contribution is -2.51. The van der Waals surface area contributed by atoms with E-state index in [9.17, 15) is 9.18 Å². The number of hydrogen-bond donors (Lipinski definition) is 1. The molecule has 0 saturated heterocycles. The van der Waals surface area contributed by atoms with E-state index in [4.69, 9.17) is 4.74 Å². The first-order valence-corrected chi connectivity index (χ1v) is 7.18. The first-order valence-electron chi connectivity index (χ1n) is 7.18. The number of carbonyl (C=O) groups excluding carboxylic acids is 1. The monoisotopic (exact) mass is 279 g/mol. The highest BCUT2D eigenvalue weighted by Crippen LogP contribution is 2.35. The Labute approximate surface area is 119 Å². The average Bonchev–Trinajstić information content (AvgIpc) is 2.49. The van der Waals surface area contributed by atoms with Crippen molar-refractivity contribution in [2.45, 2.75) is 44.6 Å². The molecular weight excluding hydrogens is 257 g/mol. The third kappa shape index (κ3) is 3.11. The molecule has 1 aromatic rings. The van der Waals surface area contributed by atoms with Gasteiger partial charge in [0.2, 0.25) is 0 Å². The van der Waals surface area contributed by atoms with Crippen molar-refractivity contribution in [1.82, 2.24) is 0 Å². The number of nitrogens with one attached hydrogen (secondary N) is 1. The summed E-state index contributed by atoms with van der Waals surface area (Å²) in [7, 11) is 1.41. The van der Waals surface area contributed by atoms with Crippen molar-refractivity contribution < 1.29 is 13.9 Å². The predicted octanol–water partition coefficient (Wildman–Crippen LogP) is 3.75. The van der Waals surface area contributed by atoms with Gasteiger partial charge in [-0.3, -0.25) is 0 Å². The van der Waals surface area contributed by atoms with Crippen LogP contribution in [0.25, 0.3) is 0 Å². The van der Waals surface area contributed by atoms with Crippen LogP contribution >= 0.6 is 0 Å². The second kappa shape index (κ2) is 6.25. The number of carbonyl (C=O) groups is 1. The fraction of sp³-hybridized carbons (Fsp3) is 0.562. The van der Waals surface area contributed by atoms with Crippen LogP contribution in [-0.4, -0.2) is 18.6 Å². The van der Waals surface area contributed by atoms with Gasteiger partial charge in [0, 0.05) is 5.69 Å². The molecule has 0 spiro atoms. The molecule has 1 aromatic carbocycles. The van der Waals surface area contributed by atoms with E-state index in [1.54, 1.807) is 12.1 Å². The van der Waals surface area contributed by atoms with Crippen LogP contribution in [-0.2, 0) is 9.53 Å². The highest BCUT2D eigenvalue weighted by molar-refractivity contribution is 5.84. The number of rotatable bonds is 4. The molecule has 1 unspecified atom stereocenters. The lowest BCUT2D eigenvalue weighted by Gasteiger charge is -2.38. The standard InChI is InChI=1S/C16H22FNO2/c1-16(15(19)20-2,12-6-4-3-5-7-12)18-14-10-8-13(17)9-11-14/h8-12,18H,3-7H2,1-2H3. The summed E-state index contributed by atoms with van der Waals surface area (Å²) in [5.41, 5.74) is -0.0163. The van der Waals surface area contributed by atoms with Crippen LogP contribution in [0.15, 0.2) is 24.3 Å². The van der Waals surface area contributed by atoms with Crippen LogP contribution in [0.5, 0.6) is 0 Å². The maximum atomic E-state index is 13.0. The molecule has 110 valence electrons. The Hall–Kier alpha value is -1.58. The minimum Gasteiger partial charge on any atom is -0.467 e. The Bertz CT molecular complexity index is 454. The molecule has 1 atom stereocenters. The zero-order valence-electron chi connectivity index (χ0n) is 12.1. The topological polar surface area (TPSA) is 38.3 Å². The van der Waals surface area contributed by atoms with E-state index in [-0.39, 0.29) is 17.7 Å². The maximum absolute atomic E-state index is 13.0. The van der Waals surface area contributed by atoms with E-state index in [0.29, 0.717) is 0 Å². The van der Waals surface area contributed by atoms with E-state index in [1.807, 2.05) is 6.92 Å². The van der Waals surface area contributed by atoms with Crippen molar-refractivity contribution in [3.63, 3.8) is 0 Å². The lowest BCUT2D eigenvalue weighted by molar-refractivity contribution is -0.147. The van der Waals surface area contributed by atoms with Crippen LogP contribution in [0.3, 0.4) is 0 Å². The van der Waals surface area contributed by atoms with Crippen molar-refractivity contribution in [2.75, 3.05) is 12.4 Å². The highest BCUT2D eigenvalue weighted by Gasteiger charge is 2.42. The van der Waals surface area contributed by atoms with Crippen molar-refractivity contribution in [3.05, 3.63) is 30.1 Å². The van der Waals surface area contributed by atoms with Crippen molar-refractivity contribution in [1.29, 1.82) is 0 Å². The van der Waals surface area contributed by atoms with Crippen LogP contribution in [0.2, 0.25) is 0 Å². The van der Waals surface area contributed by atoms with E-state index in [0.717, 1.165) is 31.4 Å². The molecule has 0 heterocycles. The normalized spacial score (nSPS) is 19.1. The van der Waals surface area contributed by atoms with Gasteiger partial charge in [0.05, 0.1) is 7.11 Å². The van der Waals surface area contributed by atoms with Crippen LogP contribution < -0.4 is 5.32 Å². The van der Waals surface area contributed by atoms with Gasteiger partial charge in [-0.15, -0.1) is 0 Å². The first kappa shape index (κ1) is 14.8. The Morgan fingerprint density at radius 1 is 1.25 bits per heavy atom. The van der Waals surface area contributed by atoms with Gasteiger partial charge < -0.3 is 10.1 Å². The zero-order valence-corrected chi connectivity index (χ0v) is 12.1. The summed E-state index contributed by atoms with van der Waals surface area (Å²) < 4.78 is 18.0. The molecular formula is C16H22FNO2. The smallest absolute Gasteiger partial charge is 0.331 e. The number of hydrogen-bond acceptors (Lipinski definition) is 3. The van der Waals surface area contributed by atoms with Crippen LogP contribution in [0, 0.1) is 11.7 Å². The molecule has 1 aliphatic rings. The van der Waals surface area contributed by atoms with Crippen LogP contribution in [0.1, 0.15) is 39.0 Å². The molecule has 0 aromatic heterocycles. The van der Waals surface area contributed by atoms with Gasteiger partial charge in [-0.05, 0) is 49.9 Å². The molecule has 1 fully saturated rings. The second-order valence-corrected chi connectivity index (χ2v) is 5.66. The molecule has 1 saturated carbocycles. The number of esters is 1. The van der Waals surface area contributed by atoms with Gasteiger partial charge in [0.1, 0.15) is 11.4 Å². The average molecular weight is 279 g/mol. The van der Waals surface area contributed by atoms with Gasteiger partial charge in [0.25, 0.3) is 0 Å². The Morgan fingerprint density at radius 2 is 1.85 bits per heavy atom. The van der Waals surface area contributed by atoms with Gasteiger partial charge in [-0.25, -0.2) is 9.18 Å². The Morgan fingerprint density at radius 3 is 2.40 bits per heavy atom. The number of benzene rings is 1. The quantitative estimate of drug-likeness (QED) is 0.853. The third-order valence-corrected chi connectivity index (χ3v) is 4.28. The molecule has 4 heteroatoms. The minimum atomic E-state index is -0.757. The number of ether oxygens (including phenoxy) is 1. The highest BCUT2D eigenvalue weighted by atomic mass is 19.1. The summed E-state index contributed by atoms with van der Waals surface area (Å²) in [5, 5.41) is 3.26. The lowest BCUT2D eigenvalue weighted by atomic mass is 9.75. The number of anilines is 1. The van der Waals surface area contributed by atoms with Gasteiger partial charge in [-0.2, -0.15) is 0 Å². The van der Waals surface area contributed by atoms with E-state index >= 15 is 0 Å². The SMILES string of the molecule is COC(=O)C(C)(Nc1ccc(F)cc1)C1CCCCC1. The third-order valence-electron chi connectivity index (χ3n) is 4.28. The predicted molar refractivity (Wildman–Crippen MR) is 77.0 cm³/mol. The summed E-state index contributed by atoms with van der Waals surface area (Å²) in [5.74, 6) is -0.296. The molecule has 20 heavy (non-hydrogen) atoms. The fourth-order valence-corrected chi connectivity index (χ4v) is 3.04. The molecule has 0 aliphatic heterocycles. The minimum absolute atomic E-state index is 0.244. The molecule has 0 amide bonds. The number of methoxy groups -OCH3 is 1. The maximum Gasteiger partial charge on any atom is 0.331 e. The summed E-state index contributed by atoms with van der Waals surface area (Å²) in [6.45, 7) is 1.89. The zero-order chi connectivity index (χ0) is 14.6. The van der Waals surface area contributed by atoms with Gasteiger partial charge in [0.15, 0.2) is 0 Å². The first-order chi connectivity index (χ1) is 9.56. The molecule has 1 N–H and O–H groups in total. The molecule has 0 bridgehead atoms. The number of halogens is 1. The summed E-state index contributed by atoms with van der Waals surface area (Å²) in [6, 6.07) is 6.08. The Balaban J connectivity index is 2.21. The molecule has 1 aliphatic carbocycles. The summed E-state index contributed by atoms with van der Waals surface area (Å²) in [4.78, 5) is 12.2. The summed E-state index contributed by atoms with van der Waals surface area (Å²) in [6.07, 6.45) is 5.54. The van der Waals surface area contributed by atoms with E-state index in [2.05, 4.69) is 5.32 Å². The van der Waals surface area contributed by atoms with Crippen molar-refractivity contribution in [2.24, 2.45) is 5.92 Å². The van der Waals surface area contributed by atoms with Crippen LogP contribution in [0.4, 0.5) is 10.1 Å². The second-order valence-electron chi connectivity index (χ2n) is 5.66. The van der Waals surface area contributed by atoms with E-state index in [1.165, 1.54) is 25.7 Å². The summed E-state index contributed by atoms with van der Waals surface area (Å²) >= 11 is 0. The van der Waals surface area contributed by atoms with Crippen molar-refractivity contribution >= 4 is 11.7 Å². The molecule has 3 nitrogen and oxygen atoms in total. The Kier molecular flexibility index (Phi) is 4.63. The molecule has 2 rings (SSSR count). The molecule has 0 radical (unpaired) electrons. The fourth-order valence-electron chi connectivity index (χ4n) is 3.04. The van der Waals surface area contributed by atoms with Gasteiger partial charge in [-0.1, -0.05) is 19.3 Å². The van der Waals surface area contributed by atoms with E-state index < -0.39 is 5.54 Å². The van der Waals surface area contributed by atoms with Gasteiger partial charge >= 0.3 is 5.97 Å². The largest absolute Gasteiger partial charge is 0.467 e. The van der Waals surface area contributed by atoms with Crippen molar-refractivity contribution in [3.8, 4) is 0 Å².